The molecule has 0 saturated heterocycles. The van der Waals surface area contributed by atoms with Crippen LogP contribution in [0.25, 0.3) is 0 Å². The summed E-state index contributed by atoms with van der Waals surface area (Å²) >= 11 is 0. The standard InChI is InChI=1S/C10H14N4O/c1-14(3-4-15-2)10-9(12)5-8(6-11)7-13-10/h5,7H,3-4,12H2,1-2H3. The van der Waals surface area contributed by atoms with Crippen LogP contribution in [0.4, 0.5) is 11.5 Å². The number of nitrogens with two attached hydrogens (primary N) is 1. The van der Waals surface area contributed by atoms with Gasteiger partial charge in [0, 0.05) is 26.9 Å². The molecule has 0 aliphatic heterocycles. The Morgan fingerprint density at radius 3 is 2.93 bits per heavy atom. The van der Waals surface area contributed by atoms with Crippen molar-refractivity contribution in [2.75, 3.05) is 37.9 Å². The first kappa shape index (κ1) is 11.3. The summed E-state index contributed by atoms with van der Waals surface area (Å²) in [6, 6.07) is 3.61. The van der Waals surface area contributed by atoms with Gasteiger partial charge < -0.3 is 15.4 Å². The van der Waals surface area contributed by atoms with E-state index < -0.39 is 0 Å². The van der Waals surface area contributed by atoms with Gasteiger partial charge in [-0.05, 0) is 6.07 Å². The molecule has 0 atom stereocenters. The van der Waals surface area contributed by atoms with E-state index in [4.69, 9.17) is 15.7 Å². The van der Waals surface area contributed by atoms with E-state index in [1.807, 2.05) is 18.0 Å². The fourth-order valence-corrected chi connectivity index (χ4v) is 1.19. The van der Waals surface area contributed by atoms with Gasteiger partial charge in [-0.15, -0.1) is 0 Å². The fourth-order valence-electron chi connectivity index (χ4n) is 1.19. The lowest BCUT2D eigenvalue weighted by Crippen LogP contribution is -2.24. The Hall–Kier alpha value is -1.80. The third-order valence-electron chi connectivity index (χ3n) is 2.02. The van der Waals surface area contributed by atoms with E-state index in [1.54, 1.807) is 13.2 Å². The Bertz CT molecular complexity index is 372. The predicted octanol–water partition coefficient (Wildman–Crippen LogP) is 0.618. The van der Waals surface area contributed by atoms with Crippen LogP contribution in [0.2, 0.25) is 0 Å². The number of nitrogen functional groups attached to an aromatic ring is 1. The number of ether oxygens (including phenoxy) is 1. The number of hydrogen-bond acceptors (Lipinski definition) is 5. The Labute approximate surface area is 89.1 Å². The Morgan fingerprint density at radius 2 is 2.40 bits per heavy atom. The second-order valence-corrected chi connectivity index (χ2v) is 3.16. The maximum Gasteiger partial charge on any atom is 0.151 e. The summed E-state index contributed by atoms with van der Waals surface area (Å²) in [6.07, 6.45) is 1.51. The summed E-state index contributed by atoms with van der Waals surface area (Å²) in [4.78, 5) is 6.01. The molecule has 2 N–H and O–H groups in total. The minimum absolute atomic E-state index is 0.469. The van der Waals surface area contributed by atoms with Crippen molar-refractivity contribution in [2.45, 2.75) is 0 Å². The third kappa shape index (κ3) is 2.82. The highest BCUT2D eigenvalue weighted by molar-refractivity contribution is 5.64. The van der Waals surface area contributed by atoms with Crippen LogP contribution in [0.1, 0.15) is 5.56 Å². The molecule has 1 heterocycles. The van der Waals surface area contributed by atoms with Gasteiger partial charge in [-0.2, -0.15) is 5.26 Å². The molecule has 0 aliphatic rings. The van der Waals surface area contributed by atoms with Crippen LogP contribution in [-0.2, 0) is 4.74 Å². The highest BCUT2D eigenvalue weighted by Crippen LogP contribution is 2.19. The van der Waals surface area contributed by atoms with Crippen LogP contribution in [-0.4, -0.2) is 32.3 Å². The molecule has 1 rings (SSSR count). The van der Waals surface area contributed by atoms with E-state index in [-0.39, 0.29) is 0 Å². The lowest BCUT2D eigenvalue weighted by molar-refractivity contribution is 0.206. The van der Waals surface area contributed by atoms with Crippen molar-refractivity contribution < 1.29 is 4.74 Å². The zero-order valence-electron chi connectivity index (χ0n) is 8.90. The quantitative estimate of drug-likeness (QED) is 0.781. The minimum Gasteiger partial charge on any atom is -0.396 e. The number of methoxy groups -OCH3 is 1. The fraction of sp³-hybridized carbons (Fsp3) is 0.400. The first-order chi connectivity index (χ1) is 7.19. The highest BCUT2D eigenvalue weighted by Gasteiger charge is 2.07. The summed E-state index contributed by atoms with van der Waals surface area (Å²) in [5, 5.41) is 8.65. The summed E-state index contributed by atoms with van der Waals surface area (Å²) in [6.45, 7) is 1.32. The number of anilines is 2. The second kappa shape index (κ2) is 5.17. The molecule has 0 spiro atoms. The Kier molecular flexibility index (Phi) is 3.89. The number of hydrogen-bond donors (Lipinski definition) is 1. The van der Waals surface area contributed by atoms with E-state index in [0.717, 1.165) is 0 Å². The predicted molar refractivity (Wildman–Crippen MR) is 58.5 cm³/mol. The van der Waals surface area contributed by atoms with Crippen molar-refractivity contribution >= 4 is 11.5 Å². The molecule has 0 saturated carbocycles. The van der Waals surface area contributed by atoms with Crippen molar-refractivity contribution in [1.82, 2.24) is 4.98 Å². The maximum atomic E-state index is 8.65. The van der Waals surface area contributed by atoms with Crippen LogP contribution >= 0.6 is 0 Å². The van der Waals surface area contributed by atoms with E-state index in [2.05, 4.69) is 4.98 Å². The van der Waals surface area contributed by atoms with Crippen molar-refractivity contribution in [2.24, 2.45) is 0 Å². The maximum absolute atomic E-state index is 8.65. The van der Waals surface area contributed by atoms with E-state index >= 15 is 0 Å². The zero-order chi connectivity index (χ0) is 11.3. The van der Waals surface area contributed by atoms with Gasteiger partial charge in [0.05, 0.1) is 17.9 Å². The molecular weight excluding hydrogens is 192 g/mol. The monoisotopic (exact) mass is 206 g/mol. The first-order valence-corrected chi connectivity index (χ1v) is 4.54. The number of rotatable bonds is 4. The average molecular weight is 206 g/mol. The van der Waals surface area contributed by atoms with Gasteiger partial charge in [0.1, 0.15) is 6.07 Å². The number of nitrogens with zero attached hydrogens (tertiary/aromatic N) is 3. The second-order valence-electron chi connectivity index (χ2n) is 3.16. The largest absolute Gasteiger partial charge is 0.396 e. The number of nitriles is 1. The van der Waals surface area contributed by atoms with Gasteiger partial charge in [0.25, 0.3) is 0 Å². The minimum atomic E-state index is 0.469. The Balaban J connectivity index is 2.82. The van der Waals surface area contributed by atoms with Gasteiger partial charge in [-0.1, -0.05) is 0 Å². The third-order valence-corrected chi connectivity index (χ3v) is 2.02. The molecule has 0 aromatic carbocycles. The van der Waals surface area contributed by atoms with E-state index in [9.17, 15) is 0 Å². The lowest BCUT2D eigenvalue weighted by Gasteiger charge is -2.19. The molecule has 5 nitrogen and oxygen atoms in total. The number of likely N-dealkylation sites (N-methyl/N-ethyl adjacent to an activating group) is 1. The number of pyridine rings is 1. The normalized spacial score (nSPS) is 9.67. The zero-order valence-corrected chi connectivity index (χ0v) is 8.90. The van der Waals surface area contributed by atoms with Crippen molar-refractivity contribution in [3.63, 3.8) is 0 Å². The molecule has 15 heavy (non-hydrogen) atoms. The van der Waals surface area contributed by atoms with Crippen LogP contribution < -0.4 is 10.6 Å². The molecule has 0 bridgehead atoms. The molecule has 1 aromatic heterocycles. The lowest BCUT2D eigenvalue weighted by atomic mass is 10.2. The van der Waals surface area contributed by atoms with Crippen LogP contribution in [0.15, 0.2) is 12.3 Å². The molecule has 0 unspecified atom stereocenters. The van der Waals surface area contributed by atoms with Crippen LogP contribution in [0, 0.1) is 11.3 Å². The molecule has 0 radical (unpaired) electrons. The van der Waals surface area contributed by atoms with E-state index in [0.29, 0.717) is 30.2 Å². The van der Waals surface area contributed by atoms with E-state index in [1.165, 1.54) is 6.20 Å². The molecule has 0 aliphatic carbocycles. The molecule has 0 fully saturated rings. The smallest absolute Gasteiger partial charge is 0.151 e. The van der Waals surface area contributed by atoms with Crippen molar-refractivity contribution in [1.29, 1.82) is 5.26 Å². The molecule has 0 amide bonds. The molecular formula is C10H14N4O. The topological polar surface area (TPSA) is 75.2 Å². The van der Waals surface area contributed by atoms with Gasteiger partial charge >= 0.3 is 0 Å². The first-order valence-electron chi connectivity index (χ1n) is 4.54. The van der Waals surface area contributed by atoms with Crippen LogP contribution in [0.3, 0.4) is 0 Å². The van der Waals surface area contributed by atoms with Gasteiger partial charge in [0.15, 0.2) is 5.82 Å². The summed E-state index contributed by atoms with van der Waals surface area (Å²) in [5.41, 5.74) is 6.75. The average Bonchev–Trinajstić information content (AvgIpc) is 2.25. The Morgan fingerprint density at radius 1 is 1.67 bits per heavy atom. The summed E-state index contributed by atoms with van der Waals surface area (Å²) in [7, 11) is 3.52. The summed E-state index contributed by atoms with van der Waals surface area (Å²) in [5.74, 6) is 0.672. The van der Waals surface area contributed by atoms with Crippen molar-refractivity contribution in [3.05, 3.63) is 17.8 Å². The number of aromatic nitrogens is 1. The molecule has 80 valence electrons. The van der Waals surface area contributed by atoms with Gasteiger partial charge in [-0.3, -0.25) is 0 Å². The molecule has 5 heteroatoms. The summed E-state index contributed by atoms with van der Waals surface area (Å²) < 4.78 is 4.96. The molecule has 1 aromatic rings. The van der Waals surface area contributed by atoms with Crippen molar-refractivity contribution in [3.8, 4) is 6.07 Å². The highest BCUT2D eigenvalue weighted by atomic mass is 16.5. The van der Waals surface area contributed by atoms with Gasteiger partial charge in [-0.25, -0.2) is 4.98 Å². The van der Waals surface area contributed by atoms with Gasteiger partial charge in [0.2, 0.25) is 0 Å². The van der Waals surface area contributed by atoms with Crippen LogP contribution in [0.5, 0.6) is 0 Å². The SMILES string of the molecule is COCCN(C)c1ncc(C#N)cc1N.